The molecule has 0 saturated heterocycles. The van der Waals surface area contributed by atoms with Crippen molar-refractivity contribution in [1.29, 1.82) is 0 Å². The van der Waals surface area contributed by atoms with Crippen LogP contribution >= 0.6 is 0 Å². The topological polar surface area (TPSA) is 45.8 Å². The molecule has 1 aromatic heterocycles. The number of carbonyl (C=O) groups is 1. The number of ketones is 1. The van der Waals surface area contributed by atoms with E-state index >= 15 is 0 Å². The summed E-state index contributed by atoms with van der Waals surface area (Å²) in [7, 11) is 0. The molecule has 0 aromatic carbocycles. The molecule has 1 N–H and O–H groups in total. The Morgan fingerprint density at radius 3 is 2.90 bits per heavy atom. The average molecular weight is 136 g/mol. The van der Waals surface area contributed by atoms with Crippen LogP contribution in [-0.2, 0) is 0 Å². The fraction of sp³-hybridized carbons (Fsp3) is 0.143. The van der Waals surface area contributed by atoms with Crippen molar-refractivity contribution in [2.24, 2.45) is 0 Å². The van der Waals surface area contributed by atoms with Gasteiger partial charge in [-0.15, -0.1) is 0 Å². The van der Waals surface area contributed by atoms with E-state index in [9.17, 15) is 4.79 Å². The van der Waals surface area contributed by atoms with Gasteiger partial charge in [0.05, 0.1) is 12.5 Å². The van der Waals surface area contributed by atoms with Gasteiger partial charge < -0.3 is 4.98 Å². The first-order valence-corrected chi connectivity index (χ1v) is 2.90. The van der Waals surface area contributed by atoms with Crippen LogP contribution in [0.5, 0.6) is 0 Å². The number of nitrogens with zero attached hydrogens (tertiary/aromatic N) is 1. The zero-order valence-corrected chi connectivity index (χ0v) is 5.72. The lowest BCUT2D eigenvalue weighted by Gasteiger charge is -1.91. The van der Waals surface area contributed by atoms with Gasteiger partial charge in [-0.3, -0.25) is 4.79 Å². The van der Waals surface area contributed by atoms with Crippen LogP contribution in [0.1, 0.15) is 17.4 Å². The number of imidazole rings is 1. The Morgan fingerprint density at radius 2 is 2.50 bits per heavy atom. The maximum atomic E-state index is 11.0. The summed E-state index contributed by atoms with van der Waals surface area (Å²) in [6, 6.07) is 0. The van der Waals surface area contributed by atoms with E-state index in [1.165, 1.54) is 12.5 Å². The zero-order chi connectivity index (χ0) is 7.56. The van der Waals surface area contributed by atoms with E-state index < -0.39 is 0 Å². The molecule has 0 bridgehead atoms. The van der Waals surface area contributed by atoms with Crippen molar-refractivity contribution in [1.82, 2.24) is 9.97 Å². The van der Waals surface area contributed by atoms with Gasteiger partial charge >= 0.3 is 0 Å². The molecule has 0 amide bonds. The minimum absolute atomic E-state index is 0.0856. The highest BCUT2D eigenvalue weighted by molar-refractivity contribution is 6.06. The van der Waals surface area contributed by atoms with Crippen molar-refractivity contribution in [2.75, 3.05) is 0 Å². The summed E-state index contributed by atoms with van der Waals surface area (Å²) in [5, 5.41) is 0. The number of aromatic amines is 1. The van der Waals surface area contributed by atoms with Crippen LogP contribution in [0.15, 0.2) is 24.7 Å². The predicted octanol–water partition coefficient (Wildman–Crippen LogP) is 1.17. The van der Waals surface area contributed by atoms with Crippen LogP contribution in [0.2, 0.25) is 0 Å². The molecular weight excluding hydrogens is 128 g/mol. The fourth-order valence-electron chi connectivity index (χ4n) is 0.610. The molecule has 0 spiro atoms. The number of carbonyl (C=O) groups excluding carboxylic acids is 1. The molecule has 0 fully saturated rings. The Labute approximate surface area is 58.8 Å². The van der Waals surface area contributed by atoms with E-state index in [1.54, 1.807) is 6.92 Å². The van der Waals surface area contributed by atoms with Gasteiger partial charge in [0.1, 0.15) is 5.69 Å². The van der Waals surface area contributed by atoms with Crippen molar-refractivity contribution >= 4 is 5.78 Å². The standard InChI is InChI=1S/C7H8N2O/c1-5(2)7(10)6-3-8-4-9-6/h3-4H,1H2,2H3,(H,8,9). The Morgan fingerprint density at radius 1 is 1.80 bits per heavy atom. The Balaban J connectivity index is 2.88. The number of allylic oxidation sites excluding steroid dienone is 1. The number of hydrogen-bond acceptors (Lipinski definition) is 2. The molecule has 1 rings (SSSR count). The maximum Gasteiger partial charge on any atom is 0.205 e. The molecule has 1 heterocycles. The largest absolute Gasteiger partial charge is 0.342 e. The Kier molecular flexibility index (Phi) is 1.67. The Bertz CT molecular complexity index is 249. The highest BCUT2D eigenvalue weighted by Crippen LogP contribution is 2.00. The fourth-order valence-corrected chi connectivity index (χ4v) is 0.610. The minimum Gasteiger partial charge on any atom is -0.342 e. The second kappa shape index (κ2) is 2.47. The first-order chi connectivity index (χ1) is 4.72. The second-order valence-electron chi connectivity index (χ2n) is 2.07. The quantitative estimate of drug-likeness (QED) is 0.490. The molecule has 0 saturated carbocycles. The maximum absolute atomic E-state index is 11.0. The van der Waals surface area contributed by atoms with Crippen LogP contribution in [-0.4, -0.2) is 15.8 Å². The molecule has 0 aliphatic heterocycles. The van der Waals surface area contributed by atoms with Crippen molar-refractivity contribution < 1.29 is 4.79 Å². The first-order valence-electron chi connectivity index (χ1n) is 2.90. The van der Waals surface area contributed by atoms with Gasteiger partial charge in [0, 0.05) is 0 Å². The second-order valence-corrected chi connectivity index (χ2v) is 2.07. The number of H-pyrrole nitrogens is 1. The third-order valence-corrected chi connectivity index (χ3v) is 1.13. The van der Waals surface area contributed by atoms with Gasteiger partial charge in [-0.25, -0.2) is 4.98 Å². The number of rotatable bonds is 2. The summed E-state index contributed by atoms with van der Waals surface area (Å²) in [6.45, 7) is 5.18. The smallest absolute Gasteiger partial charge is 0.205 e. The van der Waals surface area contributed by atoms with Crippen LogP contribution in [0.4, 0.5) is 0 Å². The predicted molar refractivity (Wildman–Crippen MR) is 37.7 cm³/mol. The molecule has 0 aliphatic rings. The summed E-state index contributed by atoms with van der Waals surface area (Å²) in [5.41, 5.74) is 1.01. The van der Waals surface area contributed by atoms with Gasteiger partial charge in [-0.1, -0.05) is 6.58 Å². The number of hydrogen-bond donors (Lipinski definition) is 1. The van der Waals surface area contributed by atoms with Gasteiger partial charge in [0.25, 0.3) is 0 Å². The summed E-state index contributed by atoms with van der Waals surface area (Å²) >= 11 is 0. The van der Waals surface area contributed by atoms with E-state index in [2.05, 4.69) is 16.5 Å². The van der Waals surface area contributed by atoms with E-state index in [0.29, 0.717) is 11.3 Å². The lowest BCUT2D eigenvalue weighted by molar-refractivity contribution is 0.103. The zero-order valence-electron chi connectivity index (χ0n) is 5.72. The van der Waals surface area contributed by atoms with Crippen molar-refractivity contribution in [3.05, 3.63) is 30.4 Å². The average Bonchev–Trinajstić information content (AvgIpc) is 2.36. The molecule has 0 unspecified atom stereocenters. The highest BCUT2D eigenvalue weighted by Gasteiger charge is 2.05. The van der Waals surface area contributed by atoms with E-state index in [-0.39, 0.29) is 5.78 Å². The van der Waals surface area contributed by atoms with Crippen LogP contribution in [0.3, 0.4) is 0 Å². The number of aromatic nitrogens is 2. The minimum atomic E-state index is -0.0856. The van der Waals surface area contributed by atoms with Crippen molar-refractivity contribution in [2.45, 2.75) is 6.92 Å². The third kappa shape index (κ3) is 1.13. The molecule has 0 aliphatic carbocycles. The van der Waals surface area contributed by atoms with E-state index in [4.69, 9.17) is 0 Å². The van der Waals surface area contributed by atoms with E-state index in [0.717, 1.165) is 0 Å². The lowest BCUT2D eigenvalue weighted by atomic mass is 10.2. The summed E-state index contributed by atoms with van der Waals surface area (Å²) < 4.78 is 0. The van der Waals surface area contributed by atoms with Crippen LogP contribution in [0.25, 0.3) is 0 Å². The van der Waals surface area contributed by atoms with Crippen molar-refractivity contribution in [3.63, 3.8) is 0 Å². The molecule has 1 aromatic rings. The number of nitrogens with one attached hydrogen (secondary N) is 1. The first kappa shape index (κ1) is 6.74. The monoisotopic (exact) mass is 136 g/mol. The summed E-state index contributed by atoms with van der Waals surface area (Å²) in [6.07, 6.45) is 2.95. The molecule has 52 valence electrons. The lowest BCUT2D eigenvalue weighted by Crippen LogP contribution is -1.98. The molecule has 0 radical (unpaired) electrons. The van der Waals surface area contributed by atoms with Gasteiger partial charge in [-0.05, 0) is 12.5 Å². The molecule has 0 atom stereocenters. The third-order valence-electron chi connectivity index (χ3n) is 1.13. The summed E-state index contributed by atoms with van der Waals surface area (Å²) in [5.74, 6) is -0.0856. The SMILES string of the molecule is C=C(C)C(=O)c1cnc[nH]1. The normalized spacial score (nSPS) is 9.30. The Hall–Kier alpha value is -1.38. The van der Waals surface area contributed by atoms with Gasteiger partial charge in [0.2, 0.25) is 5.78 Å². The van der Waals surface area contributed by atoms with E-state index in [1.807, 2.05) is 0 Å². The number of Topliss-reactive ketones (excluding diaryl/α,β-unsaturated/α-hetero) is 1. The molecular formula is C7H8N2O. The van der Waals surface area contributed by atoms with Crippen LogP contribution in [0, 0.1) is 0 Å². The molecule has 10 heavy (non-hydrogen) atoms. The summed E-state index contributed by atoms with van der Waals surface area (Å²) in [4.78, 5) is 17.4. The van der Waals surface area contributed by atoms with Crippen LogP contribution < -0.4 is 0 Å². The van der Waals surface area contributed by atoms with Gasteiger partial charge in [-0.2, -0.15) is 0 Å². The molecule has 3 heteroatoms. The highest BCUT2D eigenvalue weighted by atomic mass is 16.1. The molecule has 3 nitrogen and oxygen atoms in total. The van der Waals surface area contributed by atoms with Crippen molar-refractivity contribution in [3.8, 4) is 0 Å². The van der Waals surface area contributed by atoms with Gasteiger partial charge in [0.15, 0.2) is 0 Å².